The Bertz CT molecular complexity index is 1110. The Kier molecular flexibility index (Phi) is 11.8. The standard InChI is InChI=1S/C31H43ClN4O3/c1-5-26(34-29(37)22-15-13-21(14-16-22)19-33-4)30(38)36-28(17-20(2)3)31(39)35-27-12-7-6-11-25(27)23-9-8-10-24(32)18-23/h8-10,13-16,18,20,25-28,33H,5-7,11-12,17,19H2,1-4H3,(H,34,37)(H,35,39)(H,36,38)/t25?,26?,27-,28+/m1/s1. The SMILES string of the molecule is CCC(NC(=O)c1ccc(CNC)cc1)C(=O)N[C@@H](CC(C)C)C(=O)N[C@@H]1CCCCC1c1cccc(Cl)c1. The fourth-order valence-corrected chi connectivity index (χ4v) is 5.47. The van der Waals surface area contributed by atoms with Gasteiger partial charge >= 0.3 is 0 Å². The molecule has 1 saturated carbocycles. The molecule has 8 heteroatoms. The van der Waals surface area contributed by atoms with Crippen molar-refractivity contribution in [3.05, 3.63) is 70.2 Å². The average Bonchev–Trinajstić information content (AvgIpc) is 2.91. The van der Waals surface area contributed by atoms with E-state index >= 15 is 0 Å². The summed E-state index contributed by atoms with van der Waals surface area (Å²) in [5, 5.41) is 12.8. The van der Waals surface area contributed by atoms with Gasteiger partial charge in [-0.3, -0.25) is 14.4 Å². The van der Waals surface area contributed by atoms with Gasteiger partial charge in [-0.25, -0.2) is 0 Å². The maximum absolute atomic E-state index is 13.5. The lowest BCUT2D eigenvalue weighted by molar-refractivity contribution is -0.131. The molecule has 0 radical (unpaired) electrons. The molecule has 4 atom stereocenters. The Hall–Kier alpha value is -2.90. The molecule has 0 saturated heterocycles. The Balaban J connectivity index is 1.67. The van der Waals surface area contributed by atoms with Gasteiger partial charge < -0.3 is 21.3 Å². The molecule has 2 aromatic carbocycles. The van der Waals surface area contributed by atoms with Gasteiger partial charge in [0.15, 0.2) is 0 Å². The molecule has 0 aliphatic heterocycles. The number of nitrogens with one attached hydrogen (secondary N) is 4. The summed E-state index contributed by atoms with van der Waals surface area (Å²) in [6.07, 6.45) is 4.92. The molecule has 0 spiro atoms. The molecule has 3 rings (SSSR count). The summed E-state index contributed by atoms with van der Waals surface area (Å²) >= 11 is 6.25. The summed E-state index contributed by atoms with van der Waals surface area (Å²) in [5.41, 5.74) is 2.68. The molecule has 4 N–H and O–H groups in total. The number of benzene rings is 2. The van der Waals surface area contributed by atoms with Gasteiger partial charge in [-0.05, 0) is 74.0 Å². The number of rotatable bonds is 12. The van der Waals surface area contributed by atoms with Gasteiger partial charge in [-0.15, -0.1) is 0 Å². The molecular formula is C31H43ClN4O3. The van der Waals surface area contributed by atoms with Gasteiger partial charge in [0.25, 0.3) is 5.91 Å². The van der Waals surface area contributed by atoms with Crippen LogP contribution in [0.25, 0.3) is 0 Å². The number of carbonyl (C=O) groups is 3. The predicted molar refractivity (Wildman–Crippen MR) is 157 cm³/mol. The van der Waals surface area contributed by atoms with Crippen LogP contribution in [0.3, 0.4) is 0 Å². The molecule has 1 aliphatic rings. The van der Waals surface area contributed by atoms with Gasteiger partial charge in [0.1, 0.15) is 12.1 Å². The third kappa shape index (κ3) is 9.07. The van der Waals surface area contributed by atoms with Crippen molar-refractivity contribution >= 4 is 29.3 Å². The number of carbonyl (C=O) groups excluding carboxylic acids is 3. The van der Waals surface area contributed by atoms with Gasteiger partial charge in [0.05, 0.1) is 0 Å². The summed E-state index contributed by atoms with van der Waals surface area (Å²) < 4.78 is 0. The zero-order chi connectivity index (χ0) is 28.4. The third-order valence-corrected chi connectivity index (χ3v) is 7.57. The quantitative estimate of drug-likeness (QED) is 0.298. The summed E-state index contributed by atoms with van der Waals surface area (Å²) in [6.45, 7) is 6.61. The van der Waals surface area contributed by atoms with Crippen molar-refractivity contribution in [2.24, 2.45) is 5.92 Å². The fraction of sp³-hybridized carbons (Fsp3) is 0.516. The maximum Gasteiger partial charge on any atom is 0.251 e. The van der Waals surface area contributed by atoms with Crippen LogP contribution in [-0.2, 0) is 16.1 Å². The first-order valence-electron chi connectivity index (χ1n) is 14.1. The zero-order valence-corrected chi connectivity index (χ0v) is 24.3. The van der Waals surface area contributed by atoms with E-state index in [1.807, 2.05) is 58.2 Å². The highest BCUT2D eigenvalue weighted by Crippen LogP contribution is 2.34. The average molecular weight is 555 g/mol. The van der Waals surface area contributed by atoms with E-state index in [0.717, 1.165) is 36.8 Å². The molecule has 7 nitrogen and oxygen atoms in total. The normalized spacial score (nSPS) is 18.7. The monoisotopic (exact) mass is 554 g/mol. The van der Waals surface area contributed by atoms with Crippen molar-refractivity contribution in [3.63, 3.8) is 0 Å². The van der Waals surface area contributed by atoms with Gasteiger partial charge in [0, 0.05) is 29.1 Å². The van der Waals surface area contributed by atoms with Crippen molar-refractivity contribution in [2.45, 2.75) is 89.9 Å². The van der Waals surface area contributed by atoms with Crippen LogP contribution in [0.1, 0.15) is 86.7 Å². The number of amides is 3. The first kappa shape index (κ1) is 30.6. The highest BCUT2D eigenvalue weighted by Gasteiger charge is 2.32. The Morgan fingerprint density at radius 1 is 0.949 bits per heavy atom. The highest BCUT2D eigenvalue weighted by molar-refractivity contribution is 6.30. The van der Waals surface area contributed by atoms with Crippen molar-refractivity contribution in [1.29, 1.82) is 0 Å². The van der Waals surface area contributed by atoms with Crippen molar-refractivity contribution in [3.8, 4) is 0 Å². The van der Waals surface area contributed by atoms with E-state index in [2.05, 4.69) is 27.3 Å². The van der Waals surface area contributed by atoms with Crippen LogP contribution >= 0.6 is 11.6 Å². The van der Waals surface area contributed by atoms with Crippen LogP contribution < -0.4 is 21.3 Å². The molecule has 212 valence electrons. The largest absolute Gasteiger partial charge is 0.351 e. The molecule has 1 fully saturated rings. The van der Waals surface area contributed by atoms with Crippen LogP contribution in [-0.4, -0.2) is 42.9 Å². The first-order chi connectivity index (χ1) is 18.7. The molecule has 2 unspecified atom stereocenters. The molecule has 39 heavy (non-hydrogen) atoms. The van der Waals surface area contributed by atoms with Gasteiger partial charge in [-0.1, -0.05) is 69.5 Å². The van der Waals surface area contributed by atoms with Crippen LogP contribution in [0.4, 0.5) is 0 Å². The molecule has 0 bridgehead atoms. The minimum absolute atomic E-state index is 0.0242. The predicted octanol–water partition coefficient (Wildman–Crippen LogP) is 4.94. The topological polar surface area (TPSA) is 99.3 Å². The van der Waals surface area contributed by atoms with E-state index in [9.17, 15) is 14.4 Å². The van der Waals surface area contributed by atoms with Crippen LogP contribution in [0, 0.1) is 5.92 Å². The number of hydrogen-bond acceptors (Lipinski definition) is 4. The minimum atomic E-state index is -0.745. The number of hydrogen-bond donors (Lipinski definition) is 4. The van der Waals surface area contributed by atoms with E-state index in [1.165, 1.54) is 0 Å². The van der Waals surface area contributed by atoms with E-state index in [0.29, 0.717) is 30.0 Å². The second-order valence-electron chi connectivity index (χ2n) is 10.9. The minimum Gasteiger partial charge on any atom is -0.351 e. The third-order valence-electron chi connectivity index (χ3n) is 7.34. The lowest BCUT2D eigenvalue weighted by atomic mass is 9.80. The summed E-state index contributed by atoms with van der Waals surface area (Å²) in [4.78, 5) is 39.6. The molecule has 0 aromatic heterocycles. The highest BCUT2D eigenvalue weighted by atomic mass is 35.5. The summed E-state index contributed by atoms with van der Waals surface area (Å²) in [6, 6.07) is 13.7. The Labute approximate surface area is 237 Å². The molecule has 3 amide bonds. The van der Waals surface area contributed by atoms with E-state index in [-0.39, 0.29) is 35.6 Å². The summed E-state index contributed by atoms with van der Waals surface area (Å²) in [5.74, 6) is -0.476. The Morgan fingerprint density at radius 2 is 1.67 bits per heavy atom. The van der Waals surface area contributed by atoms with E-state index < -0.39 is 12.1 Å². The van der Waals surface area contributed by atoms with Crippen molar-refractivity contribution in [2.75, 3.05) is 7.05 Å². The fourth-order valence-electron chi connectivity index (χ4n) is 5.27. The van der Waals surface area contributed by atoms with Crippen LogP contribution in [0.2, 0.25) is 5.02 Å². The molecular weight excluding hydrogens is 512 g/mol. The first-order valence-corrected chi connectivity index (χ1v) is 14.5. The van der Waals surface area contributed by atoms with E-state index in [4.69, 9.17) is 11.6 Å². The van der Waals surface area contributed by atoms with Crippen molar-refractivity contribution < 1.29 is 14.4 Å². The van der Waals surface area contributed by atoms with Crippen molar-refractivity contribution in [1.82, 2.24) is 21.3 Å². The lowest BCUT2D eigenvalue weighted by Crippen LogP contribution is -2.55. The van der Waals surface area contributed by atoms with E-state index in [1.54, 1.807) is 12.1 Å². The number of halogens is 1. The molecule has 1 aliphatic carbocycles. The molecule has 0 heterocycles. The maximum atomic E-state index is 13.5. The Morgan fingerprint density at radius 3 is 2.31 bits per heavy atom. The second-order valence-corrected chi connectivity index (χ2v) is 11.3. The molecule has 2 aromatic rings. The van der Waals surface area contributed by atoms with Crippen LogP contribution in [0.5, 0.6) is 0 Å². The van der Waals surface area contributed by atoms with Gasteiger partial charge in [0.2, 0.25) is 11.8 Å². The smallest absolute Gasteiger partial charge is 0.251 e. The van der Waals surface area contributed by atoms with Gasteiger partial charge in [-0.2, -0.15) is 0 Å². The lowest BCUT2D eigenvalue weighted by Gasteiger charge is -2.34. The summed E-state index contributed by atoms with van der Waals surface area (Å²) in [7, 11) is 1.87. The zero-order valence-electron chi connectivity index (χ0n) is 23.6. The second kappa shape index (κ2) is 15.0. The van der Waals surface area contributed by atoms with Crippen LogP contribution in [0.15, 0.2) is 48.5 Å².